The summed E-state index contributed by atoms with van der Waals surface area (Å²) in [6.07, 6.45) is 4.02. The van der Waals surface area contributed by atoms with Crippen LogP contribution in [-0.2, 0) is 21.2 Å². The van der Waals surface area contributed by atoms with Gasteiger partial charge in [-0.05, 0) is 23.3 Å². The summed E-state index contributed by atoms with van der Waals surface area (Å²) in [4.78, 5) is 14.3. The number of allylic oxidation sites excluding steroid dienone is 1. The highest BCUT2D eigenvalue weighted by atomic mass is 32.2. The first-order chi connectivity index (χ1) is 11.5. The average molecular weight is 374 g/mol. The number of aromatic nitrogens is 4. The van der Waals surface area contributed by atoms with Crippen molar-refractivity contribution in [2.45, 2.75) is 43.9 Å². The number of amides is 1. The molecule has 1 fully saturated rings. The van der Waals surface area contributed by atoms with Crippen LogP contribution in [0.15, 0.2) is 17.8 Å². The van der Waals surface area contributed by atoms with E-state index in [4.69, 9.17) is 0 Å². The Hall–Kier alpha value is -1.42. The minimum absolute atomic E-state index is 0.0660. The van der Waals surface area contributed by atoms with Gasteiger partial charge in [-0.1, -0.05) is 31.2 Å². The van der Waals surface area contributed by atoms with Gasteiger partial charge in [-0.2, -0.15) is 0 Å². The van der Waals surface area contributed by atoms with Crippen LogP contribution in [0.3, 0.4) is 0 Å². The van der Waals surface area contributed by atoms with Crippen molar-refractivity contribution in [1.82, 2.24) is 25.1 Å². The minimum atomic E-state index is -3.02. The van der Waals surface area contributed by atoms with Gasteiger partial charge in [-0.15, -0.1) is 11.7 Å². The molecule has 1 aromatic heterocycles. The molecule has 2 rings (SSSR count). The summed E-state index contributed by atoms with van der Waals surface area (Å²) < 4.78 is 25.0. The van der Waals surface area contributed by atoms with Crippen LogP contribution in [0.5, 0.6) is 0 Å². The lowest BCUT2D eigenvalue weighted by molar-refractivity contribution is -0.130. The fraction of sp³-hybridized carbons (Fsp3) is 0.714. The Morgan fingerprint density at radius 3 is 2.96 bits per heavy atom. The summed E-state index contributed by atoms with van der Waals surface area (Å²) in [5, 5.41) is 11.9. The molecule has 1 aliphatic rings. The predicted molar refractivity (Wildman–Crippen MR) is 92.4 cm³/mol. The second-order valence-corrected chi connectivity index (χ2v) is 8.89. The van der Waals surface area contributed by atoms with Crippen molar-refractivity contribution >= 4 is 27.5 Å². The van der Waals surface area contributed by atoms with Crippen molar-refractivity contribution in [1.29, 1.82) is 0 Å². The second kappa shape index (κ2) is 8.61. The molecule has 2 heterocycles. The average Bonchev–Trinajstić information content (AvgIpc) is 3.12. The van der Waals surface area contributed by atoms with Crippen LogP contribution in [0.25, 0.3) is 0 Å². The quantitative estimate of drug-likeness (QED) is 0.466. The molecular weight excluding hydrogens is 350 g/mol. The van der Waals surface area contributed by atoms with Crippen molar-refractivity contribution in [3.8, 4) is 0 Å². The monoisotopic (exact) mass is 373 g/mol. The van der Waals surface area contributed by atoms with Gasteiger partial charge in [0.15, 0.2) is 9.84 Å². The van der Waals surface area contributed by atoms with Crippen LogP contribution in [0.2, 0.25) is 0 Å². The van der Waals surface area contributed by atoms with Crippen molar-refractivity contribution in [2.75, 3.05) is 23.8 Å². The van der Waals surface area contributed by atoms with Crippen LogP contribution in [0.1, 0.15) is 26.2 Å². The molecule has 0 bridgehead atoms. The molecule has 1 atom stereocenters. The third kappa shape index (κ3) is 5.04. The van der Waals surface area contributed by atoms with E-state index in [1.54, 1.807) is 15.7 Å². The van der Waals surface area contributed by atoms with Crippen LogP contribution in [0.4, 0.5) is 0 Å². The maximum Gasteiger partial charge on any atom is 0.233 e. The molecule has 0 saturated carbocycles. The molecule has 0 aliphatic carbocycles. The van der Waals surface area contributed by atoms with Gasteiger partial charge in [-0.25, -0.2) is 13.1 Å². The van der Waals surface area contributed by atoms with E-state index in [0.29, 0.717) is 24.7 Å². The van der Waals surface area contributed by atoms with E-state index in [1.165, 1.54) is 11.8 Å². The summed E-state index contributed by atoms with van der Waals surface area (Å²) in [5.74, 6) is 0.362. The zero-order valence-corrected chi connectivity index (χ0v) is 15.4. The molecule has 1 amide bonds. The van der Waals surface area contributed by atoms with Crippen molar-refractivity contribution in [3.63, 3.8) is 0 Å². The van der Waals surface area contributed by atoms with Gasteiger partial charge in [0.1, 0.15) is 0 Å². The van der Waals surface area contributed by atoms with Gasteiger partial charge >= 0.3 is 0 Å². The predicted octanol–water partition coefficient (Wildman–Crippen LogP) is 0.767. The van der Waals surface area contributed by atoms with E-state index in [1.807, 2.05) is 6.92 Å². The summed E-state index contributed by atoms with van der Waals surface area (Å²) >= 11 is 1.26. The summed E-state index contributed by atoms with van der Waals surface area (Å²) in [5.41, 5.74) is 0. The molecule has 1 aromatic rings. The van der Waals surface area contributed by atoms with E-state index in [2.05, 4.69) is 22.1 Å². The number of hydrogen-bond acceptors (Lipinski definition) is 7. The number of hydrogen-bond donors (Lipinski definition) is 0. The Balaban J connectivity index is 1.99. The van der Waals surface area contributed by atoms with E-state index in [0.717, 1.165) is 12.8 Å². The molecule has 0 N–H and O–H groups in total. The molecule has 0 radical (unpaired) electrons. The Bertz CT molecular complexity index is 674. The van der Waals surface area contributed by atoms with E-state index in [9.17, 15) is 13.2 Å². The topological polar surface area (TPSA) is 98.1 Å². The van der Waals surface area contributed by atoms with Gasteiger partial charge in [0.2, 0.25) is 11.1 Å². The molecule has 0 aromatic carbocycles. The molecule has 1 saturated heterocycles. The van der Waals surface area contributed by atoms with Crippen LogP contribution < -0.4 is 0 Å². The van der Waals surface area contributed by atoms with Crippen LogP contribution in [0, 0.1) is 0 Å². The molecule has 0 spiro atoms. The normalized spacial score (nSPS) is 19.3. The van der Waals surface area contributed by atoms with Gasteiger partial charge in [0.25, 0.3) is 0 Å². The lowest BCUT2D eigenvalue weighted by Gasteiger charge is -2.28. The minimum Gasteiger partial charge on any atom is -0.338 e. The molecule has 24 heavy (non-hydrogen) atoms. The Labute approximate surface area is 146 Å². The maximum atomic E-state index is 12.6. The van der Waals surface area contributed by atoms with Gasteiger partial charge in [0.05, 0.1) is 23.8 Å². The maximum absolute atomic E-state index is 12.6. The molecule has 8 nitrogen and oxygen atoms in total. The highest BCUT2D eigenvalue weighted by Crippen LogP contribution is 2.21. The fourth-order valence-electron chi connectivity index (χ4n) is 2.61. The van der Waals surface area contributed by atoms with E-state index < -0.39 is 9.84 Å². The highest BCUT2D eigenvalue weighted by molar-refractivity contribution is 7.99. The van der Waals surface area contributed by atoms with Crippen molar-refractivity contribution < 1.29 is 13.2 Å². The smallest absolute Gasteiger partial charge is 0.233 e. The Kier molecular flexibility index (Phi) is 6.79. The fourth-order valence-corrected chi connectivity index (χ4v) is 5.11. The Morgan fingerprint density at radius 1 is 1.54 bits per heavy atom. The molecular formula is C14H23N5O3S2. The number of tetrazole rings is 1. The first-order valence-corrected chi connectivity index (χ1v) is 10.8. The van der Waals surface area contributed by atoms with E-state index >= 15 is 0 Å². The first-order valence-electron chi connectivity index (χ1n) is 7.96. The summed E-state index contributed by atoms with van der Waals surface area (Å²) in [7, 11) is -3.02. The van der Waals surface area contributed by atoms with Gasteiger partial charge in [-0.3, -0.25) is 4.79 Å². The SMILES string of the molecule is C=CCn1nnnc1SCC(=O)N(CCCC)C1CCS(=O)(=O)C1. The lowest BCUT2D eigenvalue weighted by atomic mass is 10.2. The summed E-state index contributed by atoms with van der Waals surface area (Å²) in [6.45, 7) is 6.76. The number of carbonyl (C=O) groups is 1. The first kappa shape index (κ1) is 18.9. The van der Waals surface area contributed by atoms with Crippen molar-refractivity contribution in [2.24, 2.45) is 0 Å². The number of nitrogens with zero attached hydrogens (tertiary/aromatic N) is 5. The van der Waals surface area contributed by atoms with Gasteiger partial charge < -0.3 is 4.90 Å². The largest absolute Gasteiger partial charge is 0.338 e. The van der Waals surface area contributed by atoms with Crippen molar-refractivity contribution in [3.05, 3.63) is 12.7 Å². The number of unbranched alkanes of at least 4 members (excludes halogenated alkanes) is 1. The zero-order valence-electron chi connectivity index (χ0n) is 13.8. The second-order valence-electron chi connectivity index (χ2n) is 5.72. The molecule has 10 heteroatoms. The van der Waals surface area contributed by atoms with E-state index in [-0.39, 0.29) is 29.2 Å². The zero-order chi connectivity index (χ0) is 17.6. The van der Waals surface area contributed by atoms with Crippen LogP contribution in [-0.4, -0.2) is 69.3 Å². The standard InChI is InChI=1S/C14H23N5O3S2/c1-3-5-8-18(12-6-9-24(21,22)11-12)13(20)10-23-14-15-16-17-19(14)7-4-2/h4,12H,2-3,5-11H2,1H3. The number of rotatable bonds is 9. The van der Waals surface area contributed by atoms with Crippen LogP contribution >= 0.6 is 11.8 Å². The number of carbonyl (C=O) groups excluding carboxylic acids is 1. The summed E-state index contributed by atoms with van der Waals surface area (Å²) in [6, 6.07) is -0.209. The highest BCUT2D eigenvalue weighted by Gasteiger charge is 2.34. The number of sulfone groups is 1. The lowest BCUT2D eigenvalue weighted by Crippen LogP contribution is -2.42. The van der Waals surface area contributed by atoms with Gasteiger partial charge in [0, 0.05) is 12.6 Å². The Morgan fingerprint density at radius 2 is 2.33 bits per heavy atom. The third-order valence-electron chi connectivity index (χ3n) is 3.85. The molecule has 134 valence electrons. The molecule has 1 unspecified atom stereocenters. The third-order valence-corrected chi connectivity index (χ3v) is 6.54. The molecule has 1 aliphatic heterocycles. The number of thioether (sulfide) groups is 1.